The molecule has 0 bridgehead atoms. The van der Waals surface area contributed by atoms with Crippen molar-refractivity contribution in [1.29, 1.82) is 5.26 Å². The van der Waals surface area contributed by atoms with Crippen LogP contribution in [0.2, 0.25) is 0 Å². The Hall–Kier alpha value is -2.36. The van der Waals surface area contributed by atoms with Gasteiger partial charge in [-0.25, -0.2) is 4.79 Å². The molecule has 1 heterocycles. The number of hydrogen-bond donors (Lipinski definition) is 2. The van der Waals surface area contributed by atoms with E-state index in [9.17, 15) is 14.4 Å². The van der Waals surface area contributed by atoms with E-state index in [4.69, 9.17) is 5.26 Å². The monoisotopic (exact) mass is 260 g/mol. The Kier molecular flexibility index (Phi) is 2.35. The SMILES string of the molecule is N#Cc1cn(CCNC(=O)C23CC2C3)c(=O)[nH]c1=O. The molecule has 0 saturated heterocycles. The number of hydrogen-bond acceptors (Lipinski definition) is 4. The molecule has 1 aromatic heterocycles. The average Bonchev–Trinajstić information content (AvgIpc) is 3.20. The summed E-state index contributed by atoms with van der Waals surface area (Å²) in [6.07, 6.45) is 3.18. The fourth-order valence-corrected chi connectivity index (χ4v) is 2.29. The highest BCUT2D eigenvalue weighted by Gasteiger charge is 2.74. The highest BCUT2D eigenvalue weighted by Crippen LogP contribution is 2.75. The van der Waals surface area contributed by atoms with Gasteiger partial charge in [-0.3, -0.25) is 19.1 Å². The van der Waals surface area contributed by atoms with Gasteiger partial charge < -0.3 is 5.32 Å². The smallest absolute Gasteiger partial charge is 0.328 e. The van der Waals surface area contributed by atoms with E-state index in [0.29, 0.717) is 12.5 Å². The van der Waals surface area contributed by atoms with E-state index in [1.807, 2.05) is 0 Å². The zero-order chi connectivity index (χ0) is 13.6. The molecule has 19 heavy (non-hydrogen) atoms. The third kappa shape index (κ3) is 1.85. The maximum absolute atomic E-state index is 11.7. The third-order valence-electron chi connectivity index (χ3n) is 3.90. The lowest BCUT2D eigenvalue weighted by Crippen LogP contribution is -2.36. The van der Waals surface area contributed by atoms with E-state index in [2.05, 4.69) is 10.3 Å². The van der Waals surface area contributed by atoms with Crippen LogP contribution in [0.15, 0.2) is 15.8 Å². The first-order valence-electron chi connectivity index (χ1n) is 6.09. The van der Waals surface area contributed by atoms with Gasteiger partial charge in [-0.05, 0) is 18.8 Å². The van der Waals surface area contributed by atoms with Crippen LogP contribution in [0.25, 0.3) is 0 Å². The Morgan fingerprint density at radius 3 is 2.84 bits per heavy atom. The van der Waals surface area contributed by atoms with Gasteiger partial charge in [-0.2, -0.15) is 5.26 Å². The van der Waals surface area contributed by atoms with Crippen LogP contribution >= 0.6 is 0 Å². The summed E-state index contributed by atoms with van der Waals surface area (Å²) < 4.78 is 1.22. The van der Waals surface area contributed by atoms with Gasteiger partial charge in [0.2, 0.25) is 5.91 Å². The van der Waals surface area contributed by atoms with Gasteiger partial charge in [0.05, 0.1) is 5.41 Å². The summed E-state index contributed by atoms with van der Waals surface area (Å²) in [5.74, 6) is 0.629. The van der Waals surface area contributed by atoms with E-state index in [0.717, 1.165) is 12.8 Å². The van der Waals surface area contributed by atoms with Gasteiger partial charge in [0.15, 0.2) is 0 Å². The summed E-state index contributed by atoms with van der Waals surface area (Å²) in [4.78, 5) is 36.5. The minimum absolute atomic E-state index is 0.0514. The zero-order valence-corrected chi connectivity index (χ0v) is 10.1. The third-order valence-corrected chi connectivity index (χ3v) is 3.90. The molecule has 0 spiro atoms. The van der Waals surface area contributed by atoms with Crippen molar-refractivity contribution in [3.8, 4) is 6.07 Å². The molecule has 2 saturated carbocycles. The molecule has 7 heteroatoms. The molecule has 2 N–H and O–H groups in total. The van der Waals surface area contributed by atoms with Gasteiger partial charge >= 0.3 is 5.69 Å². The molecular weight excluding hydrogens is 248 g/mol. The van der Waals surface area contributed by atoms with Crippen LogP contribution in [0.1, 0.15) is 18.4 Å². The first kappa shape index (κ1) is 11.7. The van der Waals surface area contributed by atoms with Gasteiger partial charge in [-0.1, -0.05) is 0 Å². The first-order valence-corrected chi connectivity index (χ1v) is 6.09. The van der Waals surface area contributed by atoms with E-state index in [1.54, 1.807) is 6.07 Å². The Morgan fingerprint density at radius 1 is 1.58 bits per heavy atom. The second-order valence-corrected chi connectivity index (χ2v) is 5.12. The largest absolute Gasteiger partial charge is 0.354 e. The summed E-state index contributed by atoms with van der Waals surface area (Å²) in [6, 6.07) is 1.71. The topological polar surface area (TPSA) is 108 Å². The molecule has 2 fully saturated rings. The van der Waals surface area contributed by atoms with E-state index in [1.165, 1.54) is 10.8 Å². The second-order valence-electron chi connectivity index (χ2n) is 5.12. The van der Waals surface area contributed by atoms with Crippen LogP contribution in [-0.4, -0.2) is 22.0 Å². The molecule has 1 amide bonds. The van der Waals surface area contributed by atoms with Gasteiger partial charge in [0.1, 0.15) is 11.6 Å². The molecule has 7 nitrogen and oxygen atoms in total. The number of nitrogens with zero attached hydrogens (tertiary/aromatic N) is 2. The quantitative estimate of drug-likeness (QED) is 0.718. The summed E-state index contributed by atoms with van der Waals surface area (Å²) >= 11 is 0. The minimum Gasteiger partial charge on any atom is -0.354 e. The highest BCUT2D eigenvalue weighted by molar-refractivity contribution is 5.89. The summed E-state index contributed by atoms with van der Waals surface area (Å²) in [7, 11) is 0. The highest BCUT2D eigenvalue weighted by atomic mass is 16.2. The predicted octanol–water partition coefficient (Wildman–Crippen LogP) is -1.07. The molecule has 0 radical (unpaired) electrons. The Bertz CT molecular complexity index is 703. The van der Waals surface area contributed by atoms with Crippen molar-refractivity contribution < 1.29 is 4.79 Å². The number of amides is 1. The predicted molar refractivity (Wildman–Crippen MR) is 64.2 cm³/mol. The summed E-state index contributed by atoms with van der Waals surface area (Å²) in [5.41, 5.74) is -1.47. The second kappa shape index (κ2) is 3.82. The number of nitrogens with one attached hydrogen (secondary N) is 2. The molecule has 0 unspecified atom stereocenters. The van der Waals surface area contributed by atoms with Crippen molar-refractivity contribution in [2.24, 2.45) is 11.3 Å². The zero-order valence-electron chi connectivity index (χ0n) is 10.1. The number of nitriles is 1. The number of fused-ring (bicyclic) bond motifs is 1. The fourth-order valence-electron chi connectivity index (χ4n) is 2.29. The molecule has 0 aliphatic heterocycles. The van der Waals surface area contributed by atoms with Crippen LogP contribution in [0.3, 0.4) is 0 Å². The van der Waals surface area contributed by atoms with Crippen LogP contribution in [0.5, 0.6) is 0 Å². The van der Waals surface area contributed by atoms with Crippen LogP contribution < -0.4 is 16.6 Å². The van der Waals surface area contributed by atoms with Crippen LogP contribution in [-0.2, 0) is 11.3 Å². The normalized spacial score (nSPS) is 26.2. The van der Waals surface area contributed by atoms with Gasteiger partial charge in [-0.15, -0.1) is 0 Å². The van der Waals surface area contributed by atoms with Crippen molar-refractivity contribution >= 4 is 5.91 Å². The molecule has 1 aromatic rings. The lowest BCUT2D eigenvalue weighted by Gasteiger charge is -2.08. The minimum atomic E-state index is -0.689. The number of aromatic nitrogens is 2. The average molecular weight is 260 g/mol. The molecule has 0 atom stereocenters. The van der Waals surface area contributed by atoms with Crippen molar-refractivity contribution in [1.82, 2.24) is 14.9 Å². The Morgan fingerprint density at radius 2 is 2.26 bits per heavy atom. The maximum atomic E-state index is 11.7. The van der Waals surface area contributed by atoms with E-state index < -0.39 is 11.2 Å². The van der Waals surface area contributed by atoms with Crippen LogP contribution in [0, 0.1) is 22.7 Å². The van der Waals surface area contributed by atoms with Crippen molar-refractivity contribution in [3.63, 3.8) is 0 Å². The molecule has 3 rings (SSSR count). The number of carbonyl (C=O) groups excluding carboxylic acids is 1. The van der Waals surface area contributed by atoms with Crippen molar-refractivity contribution in [3.05, 3.63) is 32.6 Å². The Labute approximate surface area is 107 Å². The van der Waals surface area contributed by atoms with Crippen molar-refractivity contribution in [2.75, 3.05) is 6.54 Å². The lowest BCUT2D eigenvalue weighted by molar-refractivity contribution is -0.124. The molecular formula is C12H12N4O3. The standard InChI is InChI=1S/C12H12N4O3/c13-5-7-6-16(11(19)15-9(7)17)2-1-14-10(18)12-3-8(12)4-12/h6,8H,1-4H2,(H,14,18)(H,15,17,19). The molecule has 0 aromatic carbocycles. The Balaban J connectivity index is 1.63. The number of rotatable bonds is 4. The molecule has 2 aliphatic rings. The van der Waals surface area contributed by atoms with Gasteiger partial charge in [0.25, 0.3) is 5.56 Å². The van der Waals surface area contributed by atoms with E-state index >= 15 is 0 Å². The van der Waals surface area contributed by atoms with Crippen LogP contribution in [0.4, 0.5) is 0 Å². The molecule has 2 aliphatic carbocycles. The molecule has 98 valence electrons. The first-order chi connectivity index (χ1) is 9.06. The lowest BCUT2D eigenvalue weighted by atomic mass is 10.2. The number of aromatic amines is 1. The number of H-pyrrole nitrogens is 1. The van der Waals surface area contributed by atoms with E-state index in [-0.39, 0.29) is 23.4 Å². The maximum Gasteiger partial charge on any atom is 0.328 e. The fraction of sp³-hybridized carbons (Fsp3) is 0.500. The summed E-state index contributed by atoms with van der Waals surface area (Å²) in [5, 5.41) is 11.5. The van der Waals surface area contributed by atoms with Gasteiger partial charge in [0, 0.05) is 19.3 Å². The number of carbonyl (C=O) groups is 1. The van der Waals surface area contributed by atoms with Crippen molar-refractivity contribution in [2.45, 2.75) is 19.4 Å². The summed E-state index contributed by atoms with van der Waals surface area (Å²) in [6.45, 7) is 0.543.